The second kappa shape index (κ2) is 6.44. The molecule has 0 saturated carbocycles. The summed E-state index contributed by atoms with van der Waals surface area (Å²) in [5.74, 6) is 0.666. The van der Waals surface area contributed by atoms with Crippen LogP contribution in [0.4, 0.5) is 0 Å². The predicted octanol–water partition coefficient (Wildman–Crippen LogP) is 4.96. The van der Waals surface area contributed by atoms with Gasteiger partial charge >= 0.3 is 0 Å². The molecule has 0 N–H and O–H groups in total. The first-order valence-electron chi connectivity index (χ1n) is 6.49. The topological polar surface area (TPSA) is 9.23 Å². The minimum atomic E-state index is -0.0444. The molecule has 0 rings (SSSR count). The quantitative estimate of drug-likeness (QED) is 0.459. The van der Waals surface area contributed by atoms with E-state index in [9.17, 15) is 0 Å². The van der Waals surface area contributed by atoms with Crippen LogP contribution in [0.15, 0.2) is 12.2 Å². The Kier molecular flexibility index (Phi) is 6.32. The zero-order valence-electron chi connectivity index (χ0n) is 12.3. The molecule has 16 heavy (non-hydrogen) atoms. The van der Waals surface area contributed by atoms with Crippen LogP contribution in [0.3, 0.4) is 0 Å². The van der Waals surface area contributed by atoms with Crippen LogP contribution in [-0.4, -0.2) is 11.2 Å². The first kappa shape index (κ1) is 15.7. The van der Waals surface area contributed by atoms with Gasteiger partial charge in [-0.3, -0.25) is 0 Å². The normalized spacial score (nSPS) is 14.0. The van der Waals surface area contributed by atoms with Gasteiger partial charge in [-0.2, -0.15) is 0 Å². The lowest BCUT2D eigenvalue weighted by atomic mass is 9.99. The van der Waals surface area contributed by atoms with Gasteiger partial charge in [0.2, 0.25) is 0 Å². The van der Waals surface area contributed by atoms with Gasteiger partial charge < -0.3 is 4.74 Å². The standard InChI is InChI=1S/C15H30O/c1-13(2)11-9-8-10-12-15(6,7)16-14(3,4)5/h9,11,13H,8,10,12H2,1-7H3/b11-9+. The van der Waals surface area contributed by atoms with E-state index in [1.54, 1.807) is 0 Å². The highest BCUT2D eigenvalue weighted by Gasteiger charge is 2.24. The molecule has 0 spiro atoms. The number of allylic oxidation sites excluding steroid dienone is 2. The van der Waals surface area contributed by atoms with Crippen molar-refractivity contribution < 1.29 is 4.74 Å². The minimum absolute atomic E-state index is 0.01000. The van der Waals surface area contributed by atoms with Crippen LogP contribution >= 0.6 is 0 Å². The van der Waals surface area contributed by atoms with Gasteiger partial charge in [0, 0.05) is 0 Å². The summed E-state index contributed by atoms with van der Waals surface area (Å²) in [6.45, 7) is 15.1. The Morgan fingerprint density at radius 1 is 1.06 bits per heavy atom. The van der Waals surface area contributed by atoms with Gasteiger partial charge in [-0.15, -0.1) is 0 Å². The van der Waals surface area contributed by atoms with E-state index in [4.69, 9.17) is 4.74 Å². The molecular weight excluding hydrogens is 196 g/mol. The van der Waals surface area contributed by atoms with Gasteiger partial charge in [-0.25, -0.2) is 0 Å². The summed E-state index contributed by atoms with van der Waals surface area (Å²) in [6, 6.07) is 0. The molecule has 0 aromatic carbocycles. The average Bonchev–Trinajstić information content (AvgIpc) is 1.97. The van der Waals surface area contributed by atoms with E-state index in [0.717, 1.165) is 12.8 Å². The van der Waals surface area contributed by atoms with E-state index in [0.29, 0.717) is 5.92 Å². The molecule has 96 valence electrons. The van der Waals surface area contributed by atoms with Gasteiger partial charge in [0.25, 0.3) is 0 Å². The second-order valence-corrected chi connectivity index (χ2v) is 6.54. The van der Waals surface area contributed by atoms with Crippen molar-refractivity contribution in [3.05, 3.63) is 12.2 Å². The lowest BCUT2D eigenvalue weighted by molar-refractivity contribution is -0.116. The second-order valence-electron chi connectivity index (χ2n) is 6.54. The molecule has 0 unspecified atom stereocenters. The molecule has 0 atom stereocenters. The molecule has 0 saturated heterocycles. The van der Waals surface area contributed by atoms with Crippen molar-refractivity contribution in [3.8, 4) is 0 Å². The highest BCUT2D eigenvalue weighted by atomic mass is 16.5. The maximum Gasteiger partial charge on any atom is 0.0633 e. The van der Waals surface area contributed by atoms with E-state index in [2.05, 4.69) is 60.6 Å². The Balaban J connectivity index is 3.83. The molecule has 0 bridgehead atoms. The SMILES string of the molecule is CC(C)/C=C/CCCC(C)(C)OC(C)(C)C. The van der Waals surface area contributed by atoms with Crippen molar-refractivity contribution in [3.63, 3.8) is 0 Å². The monoisotopic (exact) mass is 226 g/mol. The molecule has 0 aromatic rings. The van der Waals surface area contributed by atoms with E-state index < -0.39 is 0 Å². The largest absolute Gasteiger partial charge is 0.370 e. The van der Waals surface area contributed by atoms with Crippen LogP contribution in [0.5, 0.6) is 0 Å². The van der Waals surface area contributed by atoms with E-state index in [1.165, 1.54) is 6.42 Å². The van der Waals surface area contributed by atoms with E-state index in [1.807, 2.05) is 0 Å². The molecular formula is C15H30O. The maximum absolute atomic E-state index is 6.03. The Hall–Kier alpha value is -0.300. The number of hydrogen-bond acceptors (Lipinski definition) is 1. The Bertz CT molecular complexity index is 206. The lowest BCUT2D eigenvalue weighted by Crippen LogP contribution is -2.34. The third-order valence-electron chi connectivity index (χ3n) is 2.25. The van der Waals surface area contributed by atoms with Crippen LogP contribution in [-0.2, 0) is 4.74 Å². The first-order chi connectivity index (χ1) is 7.12. The third-order valence-corrected chi connectivity index (χ3v) is 2.25. The summed E-state index contributed by atoms with van der Waals surface area (Å²) in [5.41, 5.74) is -0.0544. The molecule has 0 aliphatic heterocycles. The first-order valence-corrected chi connectivity index (χ1v) is 6.49. The van der Waals surface area contributed by atoms with Crippen molar-refractivity contribution >= 4 is 0 Å². The van der Waals surface area contributed by atoms with E-state index in [-0.39, 0.29) is 11.2 Å². The molecule has 1 heteroatoms. The van der Waals surface area contributed by atoms with Gasteiger partial charge in [-0.05, 0) is 59.8 Å². The zero-order valence-corrected chi connectivity index (χ0v) is 12.3. The maximum atomic E-state index is 6.03. The number of rotatable bonds is 6. The third kappa shape index (κ3) is 10.2. The molecule has 0 aromatic heterocycles. The zero-order chi connectivity index (χ0) is 12.8. The fourth-order valence-corrected chi connectivity index (χ4v) is 1.89. The molecule has 0 amide bonds. The van der Waals surface area contributed by atoms with Crippen molar-refractivity contribution in [1.82, 2.24) is 0 Å². The van der Waals surface area contributed by atoms with Crippen LogP contribution < -0.4 is 0 Å². The number of hydrogen-bond donors (Lipinski definition) is 0. The van der Waals surface area contributed by atoms with Crippen molar-refractivity contribution in [2.75, 3.05) is 0 Å². The highest BCUT2D eigenvalue weighted by molar-refractivity contribution is 4.85. The van der Waals surface area contributed by atoms with Gasteiger partial charge in [-0.1, -0.05) is 26.0 Å². The summed E-state index contributed by atoms with van der Waals surface area (Å²) >= 11 is 0. The fraction of sp³-hybridized carbons (Fsp3) is 0.867. The summed E-state index contributed by atoms with van der Waals surface area (Å²) in [4.78, 5) is 0. The van der Waals surface area contributed by atoms with Crippen molar-refractivity contribution in [1.29, 1.82) is 0 Å². The highest BCUT2D eigenvalue weighted by Crippen LogP contribution is 2.24. The molecule has 0 aliphatic rings. The Morgan fingerprint density at radius 3 is 2.06 bits per heavy atom. The summed E-state index contributed by atoms with van der Waals surface area (Å²) in [5, 5.41) is 0. The number of unbranched alkanes of at least 4 members (excludes halogenated alkanes) is 1. The smallest absolute Gasteiger partial charge is 0.0633 e. The summed E-state index contributed by atoms with van der Waals surface area (Å²) in [7, 11) is 0. The molecule has 0 radical (unpaired) electrons. The summed E-state index contributed by atoms with van der Waals surface area (Å²) in [6.07, 6.45) is 8.05. The average molecular weight is 226 g/mol. The van der Waals surface area contributed by atoms with Crippen molar-refractivity contribution in [2.24, 2.45) is 5.92 Å². The summed E-state index contributed by atoms with van der Waals surface area (Å²) < 4.78 is 6.03. The van der Waals surface area contributed by atoms with Crippen LogP contribution in [0.1, 0.15) is 67.7 Å². The van der Waals surface area contributed by atoms with Crippen LogP contribution in [0.2, 0.25) is 0 Å². The Labute approximate surface area is 102 Å². The molecule has 1 nitrogen and oxygen atoms in total. The fourth-order valence-electron chi connectivity index (χ4n) is 1.89. The predicted molar refractivity (Wildman–Crippen MR) is 72.7 cm³/mol. The van der Waals surface area contributed by atoms with Gasteiger partial charge in [0.15, 0.2) is 0 Å². The van der Waals surface area contributed by atoms with Crippen LogP contribution in [0, 0.1) is 5.92 Å². The van der Waals surface area contributed by atoms with Gasteiger partial charge in [0.05, 0.1) is 11.2 Å². The molecule has 0 fully saturated rings. The minimum Gasteiger partial charge on any atom is -0.370 e. The van der Waals surface area contributed by atoms with E-state index >= 15 is 0 Å². The lowest BCUT2D eigenvalue weighted by Gasteiger charge is -2.33. The number of ether oxygens (including phenoxy) is 1. The Morgan fingerprint density at radius 2 is 1.62 bits per heavy atom. The molecule has 0 aliphatic carbocycles. The van der Waals surface area contributed by atoms with Crippen molar-refractivity contribution in [2.45, 2.75) is 78.9 Å². The molecule has 0 heterocycles. The van der Waals surface area contributed by atoms with Gasteiger partial charge in [0.1, 0.15) is 0 Å². The van der Waals surface area contributed by atoms with Crippen LogP contribution in [0.25, 0.3) is 0 Å².